The third kappa shape index (κ3) is 6.19. The van der Waals surface area contributed by atoms with Crippen molar-refractivity contribution in [3.05, 3.63) is 77.3 Å². The molecule has 13 heteroatoms. The van der Waals surface area contributed by atoms with E-state index >= 15 is 0 Å². The van der Waals surface area contributed by atoms with Crippen molar-refractivity contribution in [1.29, 1.82) is 0 Å². The smallest absolute Gasteiger partial charge is 0.475 e. The average Bonchev–Trinajstić information content (AvgIpc) is 3.62. The minimum absolute atomic E-state index is 0.201. The van der Waals surface area contributed by atoms with E-state index in [9.17, 15) is 18.0 Å². The van der Waals surface area contributed by atoms with Gasteiger partial charge in [0.05, 0.1) is 11.9 Å². The van der Waals surface area contributed by atoms with Crippen LogP contribution in [0.15, 0.2) is 69.2 Å². The molecule has 0 fully saturated rings. The number of rotatable bonds is 5. The Hall–Kier alpha value is -4.52. The number of aromatic nitrogens is 3. The number of amides is 1. The first-order valence-corrected chi connectivity index (χ1v) is 11.4. The maximum Gasteiger partial charge on any atom is 0.490 e. The zero-order chi connectivity index (χ0) is 26.6. The van der Waals surface area contributed by atoms with Crippen LogP contribution in [0.1, 0.15) is 21.9 Å². The third-order valence-electron chi connectivity index (χ3n) is 4.85. The van der Waals surface area contributed by atoms with Gasteiger partial charge in [-0.25, -0.2) is 9.78 Å². The number of thiazole rings is 1. The Morgan fingerprint density at radius 2 is 1.95 bits per heavy atom. The first-order valence-electron chi connectivity index (χ1n) is 10.5. The summed E-state index contributed by atoms with van der Waals surface area (Å²) in [5, 5.41) is 17.7. The van der Waals surface area contributed by atoms with Crippen molar-refractivity contribution in [2.45, 2.75) is 19.6 Å². The Kier molecular flexibility index (Phi) is 7.34. The van der Waals surface area contributed by atoms with Gasteiger partial charge in [-0.1, -0.05) is 5.16 Å². The number of halogens is 3. The van der Waals surface area contributed by atoms with Gasteiger partial charge < -0.3 is 19.4 Å². The molecule has 0 spiro atoms. The molecular formula is C24H17F3N4O5S. The molecule has 0 aliphatic rings. The molecule has 0 aliphatic carbocycles. The number of benzene rings is 1. The fourth-order valence-electron chi connectivity index (χ4n) is 3.12. The molecule has 37 heavy (non-hydrogen) atoms. The first kappa shape index (κ1) is 25.6. The lowest BCUT2D eigenvalue weighted by molar-refractivity contribution is -0.192. The number of fused-ring (bicyclic) bond motifs is 1. The molecule has 1 amide bonds. The number of carbonyl (C=O) groups is 2. The van der Waals surface area contributed by atoms with Crippen molar-refractivity contribution in [2.75, 3.05) is 0 Å². The maximum atomic E-state index is 12.6. The second-order valence-corrected chi connectivity index (χ2v) is 8.38. The SMILES string of the molecule is Cc1ccc(CNC(=O)c2ccc3onc(-c4csc(-c5cccnc5)n4)c3c2)o1.O=C(O)C(F)(F)F. The van der Waals surface area contributed by atoms with E-state index in [-0.39, 0.29) is 5.91 Å². The number of aliphatic carboxylic acids is 1. The standard InChI is InChI=1S/C22H16N4O3S.C2HF3O2/c1-13-4-6-16(28-13)11-24-21(27)14-5-7-19-17(9-14)20(26-29-19)18-12-30-22(25-18)15-3-2-8-23-10-15;3-2(4,5)1(6)7/h2-10,12H,11H2,1H3,(H,24,27);(H,6,7). The van der Waals surface area contributed by atoms with Gasteiger partial charge in [0.25, 0.3) is 5.91 Å². The van der Waals surface area contributed by atoms with Crippen molar-refractivity contribution in [3.8, 4) is 22.0 Å². The number of furan rings is 1. The predicted octanol–water partition coefficient (Wildman–Crippen LogP) is 5.48. The van der Waals surface area contributed by atoms with Gasteiger partial charge in [-0.3, -0.25) is 9.78 Å². The van der Waals surface area contributed by atoms with Crippen LogP contribution in [-0.4, -0.2) is 38.3 Å². The average molecular weight is 530 g/mol. The second kappa shape index (κ2) is 10.6. The highest BCUT2D eigenvalue weighted by Gasteiger charge is 2.38. The summed E-state index contributed by atoms with van der Waals surface area (Å²) in [7, 11) is 0. The Morgan fingerprint density at radius 1 is 1.16 bits per heavy atom. The van der Waals surface area contributed by atoms with Gasteiger partial charge in [0, 0.05) is 28.9 Å². The van der Waals surface area contributed by atoms with Crippen molar-refractivity contribution in [3.63, 3.8) is 0 Å². The quantitative estimate of drug-likeness (QED) is 0.306. The molecule has 4 aromatic heterocycles. The lowest BCUT2D eigenvalue weighted by atomic mass is 10.1. The number of alkyl halides is 3. The van der Waals surface area contributed by atoms with E-state index < -0.39 is 12.1 Å². The fraction of sp³-hybridized carbons (Fsp3) is 0.125. The van der Waals surface area contributed by atoms with Gasteiger partial charge in [0.2, 0.25) is 0 Å². The minimum atomic E-state index is -5.08. The molecule has 0 radical (unpaired) electrons. The maximum absolute atomic E-state index is 12.6. The minimum Gasteiger partial charge on any atom is -0.475 e. The number of pyridine rings is 1. The molecule has 0 atom stereocenters. The molecular weight excluding hydrogens is 513 g/mol. The molecule has 0 saturated heterocycles. The van der Waals surface area contributed by atoms with E-state index in [4.69, 9.17) is 18.8 Å². The van der Waals surface area contributed by atoms with Crippen LogP contribution in [0.3, 0.4) is 0 Å². The van der Waals surface area contributed by atoms with E-state index in [0.29, 0.717) is 34.8 Å². The zero-order valence-corrected chi connectivity index (χ0v) is 19.8. The lowest BCUT2D eigenvalue weighted by Gasteiger charge is -2.03. The highest BCUT2D eigenvalue weighted by atomic mass is 32.1. The molecule has 5 aromatic rings. The number of aryl methyl sites for hydroxylation is 1. The monoisotopic (exact) mass is 530 g/mol. The van der Waals surface area contributed by atoms with Gasteiger partial charge in [0.1, 0.15) is 27.9 Å². The molecule has 5 rings (SSSR count). The summed E-state index contributed by atoms with van der Waals surface area (Å²) >= 11 is 1.51. The summed E-state index contributed by atoms with van der Waals surface area (Å²) < 4.78 is 42.7. The zero-order valence-electron chi connectivity index (χ0n) is 18.9. The molecule has 9 nitrogen and oxygen atoms in total. The van der Waals surface area contributed by atoms with E-state index in [1.807, 2.05) is 36.6 Å². The largest absolute Gasteiger partial charge is 0.490 e. The molecule has 0 aliphatic heterocycles. The normalized spacial score (nSPS) is 11.1. The van der Waals surface area contributed by atoms with Crippen molar-refractivity contribution < 1.29 is 36.8 Å². The van der Waals surface area contributed by atoms with Crippen molar-refractivity contribution in [1.82, 2.24) is 20.4 Å². The second-order valence-electron chi connectivity index (χ2n) is 7.52. The molecule has 1 aromatic carbocycles. The molecule has 0 saturated carbocycles. The van der Waals surface area contributed by atoms with Crippen LogP contribution in [-0.2, 0) is 11.3 Å². The van der Waals surface area contributed by atoms with Crippen LogP contribution in [0.25, 0.3) is 32.9 Å². The summed E-state index contributed by atoms with van der Waals surface area (Å²) in [6, 6.07) is 12.8. The van der Waals surface area contributed by atoms with Crippen LogP contribution >= 0.6 is 11.3 Å². The number of carboxylic acid groups (broad SMARTS) is 1. The Labute approximate surface area is 210 Å². The van der Waals surface area contributed by atoms with Crippen molar-refractivity contribution >= 4 is 34.2 Å². The summed E-state index contributed by atoms with van der Waals surface area (Å²) in [6.07, 6.45) is -1.59. The topological polar surface area (TPSA) is 131 Å². The van der Waals surface area contributed by atoms with Crippen LogP contribution in [0, 0.1) is 6.92 Å². The van der Waals surface area contributed by atoms with Crippen LogP contribution < -0.4 is 5.32 Å². The molecule has 2 N–H and O–H groups in total. The van der Waals surface area contributed by atoms with Crippen molar-refractivity contribution in [2.24, 2.45) is 0 Å². The highest BCUT2D eigenvalue weighted by Crippen LogP contribution is 2.32. The number of carboxylic acids is 1. The highest BCUT2D eigenvalue weighted by molar-refractivity contribution is 7.13. The predicted molar refractivity (Wildman–Crippen MR) is 127 cm³/mol. The van der Waals surface area contributed by atoms with Gasteiger partial charge in [-0.15, -0.1) is 11.3 Å². The Balaban J connectivity index is 0.000000405. The van der Waals surface area contributed by atoms with Gasteiger partial charge in [0.15, 0.2) is 5.58 Å². The van der Waals surface area contributed by atoms with Gasteiger partial charge in [-0.05, 0) is 49.4 Å². The number of nitrogens with zero attached hydrogens (tertiary/aromatic N) is 3. The van der Waals surface area contributed by atoms with E-state index in [2.05, 4.69) is 20.4 Å². The fourth-order valence-corrected chi connectivity index (χ4v) is 3.91. The number of carbonyl (C=O) groups excluding carboxylic acids is 1. The number of hydrogen-bond donors (Lipinski definition) is 2. The van der Waals surface area contributed by atoms with E-state index in [1.165, 1.54) is 11.3 Å². The van der Waals surface area contributed by atoms with Crippen LogP contribution in [0.2, 0.25) is 0 Å². The number of nitrogens with one attached hydrogen (secondary N) is 1. The molecule has 0 unspecified atom stereocenters. The van der Waals surface area contributed by atoms with Crippen LogP contribution in [0.4, 0.5) is 13.2 Å². The van der Waals surface area contributed by atoms with E-state index in [0.717, 1.165) is 21.7 Å². The Bertz CT molecular complexity index is 1540. The van der Waals surface area contributed by atoms with Crippen LogP contribution in [0.5, 0.6) is 0 Å². The summed E-state index contributed by atoms with van der Waals surface area (Å²) in [4.78, 5) is 30.3. The summed E-state index contributed by atoms with van der Waals surface area (Å²) in [5.41, 5.74) is 3.35. The lowest BCUT2D eigenvalue weighted by Crippen LogP contribution is -2.22. The number of hydrogen-bond acceptors (Lipinski definition) is 8. The molecule has 4 heterocycles. The first-order chi connectivity index (χ1) is 17.6. The van der Waals surface area contributed by atoms with Gasteiger partial charge in [-0.2, -0.15) is 13.2 Å². The summed E-state index contributed by atoms with van der Waals surface area (Å²) in [6.45, 7) is 2.19. The summed E-state index contributed by atoms with van der Waals surface area (Å²) in [5.74, 6) is -1.44. The van der Waals surface area contributed by atoms with E-state index in [1.54, 1.807) is 30.6 Å². The molecule has 0 bridgehead atoms. The third-order valence-corrected chi connectivity index (χ3v) is 5.74. The molecule has 190 valence electrons. The van der Waals surface area contributed by atoms with Gasteiger partial charge >= 0.3 is 12.1 Å². The Morgan fingerprint density at radius 3 is 2.59 bits per heavy atom.